The zero-order valence-electron chi connectivity index (χ0n) is 18.8. The summed E-state index contributed by atoms with van der Waals surface area (Å²) in [5.74, 6) is 0.354. The Morgan fingerprint density at radius 3 is 2.53 bits per heavy atom. The molecule has 8 nitrogen and oxygen atoms in total. The predicted molar refractivity (Wildman–Crippen MR) is 138 cm³/mol. The highest BCUT2D eigenvalue weighted by molar-refractivity contribution is 8.18. The van der Waals surface area contributed by atoms with Gasteiger partial charge in [0, 0.05) is 27.2 Å². The summed E-state index contributed by atoms with van der Waals surface area (Å²) in [6.45, 7) is -0.0415. The maximum Gasteiger partial charge on any atom is 0.293 e. The number of thioether (sulfide) groups is 1. The van der Waals surface area contributed by atoms with Crippen LogP contribution in [0.3, 0.4) is 0 Å². The Labute approximate surface area is 220 Å². The SMILES string of the molecule is COc1ccc(/C=C2\SC(=O)N(Cc3ccccc3[N+](=O)[O-])C2=O)cc1OCc1ccc(Cl)cc1Cl. The number of nitro benzene ring substituents is 1. The highest BCUT2D eigenvalue weighted by Crippen LogP contribution is 2.36. The van der Waals surface area contributed by atoms with Crippen molar-refractivity contribution in [2.75, 3.05) is 7.11 Å². The number of hydrogen-bond acceptors (Lipinski definition) is 7. The third-order valence-corrected chi connectivity index (χ3v) is 6.77. The fourth-order valence-corrected chi connectivity index (χ4v) is 4.77. The Kier molecular flexibility index (Phi) is 7.83. The van der Waals surface area contributed by atoms with Gasteiger partial charge in [-0.3, -0.25) is 24.6 Å². The van der Waals surface area contributed by atoms with Crippen LogP contribution in [0.25, 0.3) is 6.08 Å². The van der Waals surface area contributed by atoms with Crippen LogP contribution in [0.4, 0.5) is 10.5 Å². The molecular weight excluding hydrogens is 527 g/mol. The first-order chi connectivity index (χ1) is 17.3. The van der Waals surface area contributed by atoms with E-state index in [0.29, 0.717) is 27.1 Å². The molecule has 3 aromatic rings. The number of nitro groups is 1. The number of hydrogen-bond donors (Lipinski definition) is 0. The summed E-state index contributed by atoms with van der Waals surface area (Å²) in [7, 11) is 1.51. The molecule has 1 aliphatic heterocycles. The zero-order valence-corrected chi connectivity index (χ0v) is 21.1. The van der Waals surface area contributed by atoms with Gasteiger partial charge in [0.15, 0.2) is 11.5 Å². The maximum atomic E-state index is 13.0. The molecule has 0 aliphatic carbocycles. The van der Waals surface area contributed by atoms with Gasteiger partial charge < -0.3 is 9.47 Å². The highest BCUT2D eigenvalue weighted by Gasteiger charge is 2.36. The van der Waals surface area contributed by atoms with Gasteiger partial charge in [-0.25, -0.2) is 0 Å². The van der Waals surface area contributed by atoms with Crippen LogP contribution in [0.5, 0.6) is 11.5 Å². The first kappa shape index (κ1) is 25.6. The van der Waals surface area contributed by atoms with Gasteiger partial charge >= 0.3 is 0 Å². The Morgan fingerprint density at radius 1 is 1.03 bits per heavy atom. The molecule has 3 aromatic carbocycles. The summed E-state index contributed by atoms with van der Waals surface area (Å²) < 4.78 is 11.3. The van der Waals surface area contributed by atoms with Crippen LogP contribution >= 0.6 is 35.0 Å². The number of amides is 2. The smallest absolute Gasteiger partial charge is 0.293 e. The Balaban J connectivity index is 1.54. The number of carbonyl (C=O) groups excluding carboxylic acids is 2. The van der Waals surface area contributed by atoms with Gasteiger partial charge in [-0.05, 0) is 47.7 Å². The monoisotopic (exact) mass is 544 g/mol. The summed E-state index contributed by atoms with van der Waals surface area (Å²) in [6.07, 6.45) is 1.56. The van der Waals surface area contributed by atoms with Crippen molar-refractivity contribution in [2.24, 2.45) is 0 Å². The van der Waals surface area contributed by atoms with Gasteiger partial charge in [-0.15, -0.1) is 0 Å². The van der Waals surface area contributed by atoms with Gasteiger partial charge in [0.25, 0.3) is 16.8 Å². The Bertz CT molecular complexity index is 1390. The van der Waals surface area contributed by atoms with Crippen molar-refractivity contribution in [2.45, 2.75) is 13.2 Å². The van der Waals surface area contributed by atoms with Crippen molar-refractivity contribution < 1.29 is 24.0 Å². The number of rotatable bonds is 8. The molecule has 1 heterocycles. The molecule has 0 N–H and O–H groups in total. The number of ether oxygens (including phenoxy) is 2. The Morgan fingerprint density at radius 2 is 1.81 bits per heavy atom. The predicted octanol–water partition coefficient (Wildman–Crippen LogP) is 6.73. The van der Waals surface area contributed by atoms with E-state index in [-0.39, 0.29) is 29.3 Å². The van der Waals surface area contributed by atoms with E-state index >= 15 is 0 Å². The van der Waals surface area contributed by atoms with Gasteiger partial charge in [0.2, 0.25) is 0 Å². The average molecular weight is 545 g/mol. The van der Waals surface area contributed by atoms with Crippen LogP contribution in [0.15, 0.2) is 65.6 Å². The molecule has 0 radical (unpaired) electrons. The molecule has 0 aromatic heterocycles. The lowest BCUT2D eigenvalue weighted by Crippen LogP contribution is -2.27. The number of methoxy groups -OCH3 is 1. The molecule has 1 fully saturated rings. The van der Waals surface area contributed by atoms with E-state index in [1.165, 1.54) is 25.3 Å². The first-order valence-electron chi connectivity index (χ1n) is 10.5. The van der Waals surface area contributed by atoms with Gasteiger partial charge in [0.1, 0.15) is 6.61 Å². The van der Waals surface area contributed by atoms with Gasteiger partial charge in [-0.1, -0.05) is 53.5 Å². The lowest BCUT2D eigenvalue weighted by atomic mass is 10.1. The summed E-state index contributed by atoms with van der Waals surface area (Å²) in [6, 6.07) is 16.2. The number of halogens is 2. The van der Waals surface area contributed by atoms with Crippen molar-refractivity contribution in [1.29, 1.82) is 0 Å². The molecule has 2 amide bonds. The molecule has 0 bridgehead atoms. The quantitative estimate of drug-likeness (QED) is 0.176. The zero-order chi connectivity index (χ0) is 25.8. The number of carbonyl (C=O) groups is 2. The average Bonchev–Trinajstić information content (AvgIpc) is 3.11. The van der Waals surface area contributed by atoms with E-state index in [1.807, 2.05) is 0 Å². The van der Waals surface area contributed by atoms with E-state index < -0.39 is 16.1 Å². The molecule has 1 aliphatic rings. The molecule has 1 saturated heterocycles. The van der Waals surface area contributed by atoms with Crippen LogP contribution in [0.2, 0.25) is 10.0 Å². The van der Waals surface area contributed by atoms with Crippen molar-refractivity contribution in [3.05, 3.63) is 102 Å². The number of benzene rings is 3. The summed E-state index contributed by atoms with van der Waals surface area (Å²) >= 11 is 12.9. The second-order valence-electron chi connectivity index (χ2n) is 7.59. The molecule has 0 atom stereocenters. The van der Waals surface area contributed by atoms with E-state index in [4.69, 9.17) is 32.7 Å². The Hall–Kier alpha value is -3.53. The van der Waals surface area contributed by atoms with Crippen molar-refractivity contribution >= 4 is 57.9 Å². The minimum atomic E-state index is -0.541. The van der Waals surface area contributed by atoms with Gasteiger partial charge in [0.05, 0.1) is 23.5 Å². The largest absolute Gasteiger partial charge is 0.493 e. The van der Waals surface area contributed by atoms with Crippen molar-refractivity contribution in [3.8, 4) is 11.5 Å². The molecule has 0 spiro atoms. The van der Waals surface area contributed by atoms with E-state index in [0.717, 1.165) is 22.2 Å². The molecule has 0 unspecified atom stereocenters. The molecule has 184 valence electrons. The first-order valence-corrected chi connectivity index (χ1v) is 12.1. The van der Waals surface area contributed by atoms with E-state index in [1.54, 1.807) is 48.5 Å². The topological polar surface area (TPSA) is 99.0 Å². The fraction of sp³-hybridized carbons (Fsp3) is 0.120. The third-order valence-electron chi connectivity index (χ3n) is 5.27. The van der Waals surface area contributed by atoms with Crippen molar-refractivity contribution in [1.82, 2.24) is 4.90 Å². The highest BCUT2D eigenvalue weighted by atomic mass is 35.5. The number of para-hydroxylation sites is 1. The van der Waals surface area contributed by atoms with Crippen LogP contribution in [-0.4, -0.2) is 28.1 Å². The fourth-order valence-electron chi connectivity index (χ4n) is 3.47. The molecule has 0 saturated carbocycles. The number of nitrogens with zero attached hydrogens (tertiary/aromatic N) is 2. The second kappa shape index (κ2) is 11.0. The molecule has 4 rings (SSSR count). The number of imide groups is 1. The van der Waals surface area contributed by atoms with E-state index in [9.17, 15) is 19.7 Å². The van der Waals surface area contributed by atoms with Crippen LogP contribution in [-0.2, 0) is 17.9 Å². The standard InChI is InChI=1S/C25H18Cl2N2O6S/c1-34-21-9-6-15(10-22(21)35-14-17-7-8-18(26)12-19(17)27)11-23-24(30)28(25(31)36-23)13-16-4-2-3-5-20(16)29(32)33/h2-12H,13-14H2,1H3/b23-11-. The molecule has 11 heteroatoms. The normalized spacial score (nSPS) is 14.4. The summed E-state index contributed by atoms with van der Waals surface area (Å²) in [5, 5.41) is 11.8. The van der Waals surface area contributed by atoms with Gasteiger partial charge in [-0.2, -0.15) is 0 Å². The van der Waals surface area contributed by atoms with Crippen LogP contribution < -0.4 is 9.47 Å². The second-order valence-corrected chi connectivity index (χ2v) is 9.43. The van der Waals surface area contributed by atoms with Crippen molar-refractivity contribution in [3.63, 3.8) is 0 Å². The minimum Gasteiger partial charge on any atom is -0.493 e. The lowest BCUT2D eigenvalue weighted by Gasteiger charge is -2.13. The molecular formula is C25H18Cl2N2O6S. The lowest BCUT2D eigenvalue weighted by molar-refractivity contribution is -0.385. The molecule has 36 heavy (non-hydrogen) atoms. The third kappa shape index (κ3) is 5.64. The van der Waals surface area contributed by atoms with Crippen LogP contribution in [0, 0.1) is 10.1 Å². The maximum absolute atomic E-state index is 13.0. The summed E-state index contributed by atoms with van der Waals surface area (Å²) in [5.41, 5.74) is 1.44. The minimum absolute atomic E-state index is 0.154. The summed E-state index contributed by atoms with van der Waals surface area (Å²) in [4.78, 5) is 37.4. The van der Waals surface area contributed by atoms with Crippen LogP contribution in [0.1, 0.15) is 16.7 Å². The van der Waals surface area contributed by atoms with E-state index in [2.05, 4.69) is 0 Å².